The van der Waals surface area contributed by atoms with E-state index in [0.717, 1.165) is 5.56 Å². The monoisotopic (exact) mass is 518 g/mol. The molecule has 1 heterocycles. The summed E-state index contributed by atoms with van der Waals surface area (Å²) in [6, 6.07) is 14.8. The van der Waals surface area contributed by atoms with Gasteiger partial charge in [0.15, 0.2) is 5.78 Å². The van der Waals surface area contributed by atoms with E-state index in [1.165, 1.54) is 47.4 Å². The Morgan fingerprint density at radius 1 is 1.03 bits per heavy atom. The van der Waals surface area contributed by atoms with Crippen molar-refractivity contribution in [2.24, 2.45) is 11.7 Å². The van der Waals surface area contributed by atoms with Gasteiger partial charge in [0, 0.05) is 30.2 Å². The molecule has 1 aliphatic rings. The number of nitrogens with zero attached hydrogens (tertiary/aromatic N) is 2. The molecular weight excluding hydrogens is 491 g/mol. The number of rotatable bonds is 7. The molecule has 3 aromatic rings. The van der Waals surface area contributed by atoms with Gasteiger partial charge in [0.2, 0.25) is 5.91 Å². The lowest BCUT2D eigenvalue weighted by Crippen LogP contribution is -2.50. The van der Waals surface area contributed by atoms with Crippen LogP contribution >= 0.6 is 0 Å². The number of nitro benzene ring substituents is 1. The second-order valence-corrected chi connectivity index (χ2v) is 9.22. The first-order chi connectivity index (χ1) is 18.1. The lowest BCUT2D eigenvalue weighted by atomic mass is 9.76. The highest BCUT2D eigenvalue weighted by Crippen LogP contribution is 2.51. The summed E-state index contributed by atoms with van der Waals surface area (Å²) in [6.07, 6.45) is 0. The number of urea groups is 1. The van der Waals surface area contributed by atoms with Crippen LogP contribution in [0.15, 0.2) is 72.8 Å². The summed E-state index contributed by atoms with van der Waals surface area (Å²) in [5, 5.41) is 14.3. The second kappa shape index (κ2) is 10.8. The summed E-state index contributed by atoms with van der Waals surface area (Å²) in [4.78, 5) is 52.9. The van der Waals surface area contributed by atoms with Crippen molar-refractivity contribution in [2.45, 2.75) is 31.8 Å². The molecule has 1 saturated heterocycles. The van der Waals surface area contributed by atoms with E-state index in [1.807, 2.05) is 13.0 Å². The van der Waals surface area contributed by atoms with Crippen molar-refractivity contribution in [1.29, 1.82) is 0 Å². The number of carbonyl (C=O) groups excluding carboxylic acids is 3. The minimum Gasteiger partial charge on any atom is -0.368 e. The lowest BCUT2D eigenvalue weighted by Gasteiger charge is -2.30. The van der Waals surface area contributed by atoms with Crippen LogP contribution in [0.25, 0.3) is 0 Å². The quantitative estimate of drug-likeness (QED) is 0.274. The number of ketones is 1. The maximum Gasteiger partial charge on any atom is 0.318 e. The van der Waals surface area contributed by atoms with Crippen molar-refractivity contribution in [3.05, 3.63) is 111 Å². The molecule has 4 atom stereocenters. The number of benzene rings is 3. The van der Waals surface area contributed by atoms with Gasteiger partial charge in [-0.15, -0.1) is 0 Å². The van der Waals surface area contributed by atoms with Gasteiger partial charge in [-0.3, -0.25) is 19.7 Å². The third kappa shape index (κ3) is 4.97. The van der Waals surface area contributed by atoms with Crippen LogP contribution in [0.3, 0.4) is 0 Å². The molecular formula is C28H27FN4O5. The van der Waals surface area contributed by atoms with Crippen LogP contribution in [0.4, 0.5) is 14.9 Å². The highest BCUT2D eigenvalue weighted by atomic mass is 19.1. The van der Waals surface area contributed by atoms with Gasteiger partial charge < -0.3 is 16.0 Å². The summed E-state index contributed by atoms with van der Waals surface area (Å²) in [7, 11) is 0. The number of hydrogen-bond donors (Lipinski definition) is 2. The Morgan fingerprint density at radius 3 is 2.32 bits per heavy atom. The van der Waals surface area contributed by atoms with Crippen molar-refractivity contribution in [3.8, 4) is 0 Å². The number of non-ortho nitro benzene ring substituents is 1. The van der Waals surface area contributed by atoms with E-state index in [2.05, 4.69) is 5.32 Å². The van der Waals surface area contributed by atoms with Gasteiger partial charge in [-0.2, -0.15) is 0 Å². The van der Waals surface area contributed by atoms with Crippen LogP contribution in [0.1, 0.15) is 45.9 Å². The largest absolute Gasteiger partial charge is 0.368 e. The molecule has 196 valence electrons. The fraction of sp³-hybridized carbons (Fsp3) is 0.250. The third-order valence-corrected chi connectivity index (χ3v) is 6.80. The Hall–Kier alpha value is -4.60. The Labute approximate surface area is 218 Å². The summed E-state index contributed by atoms with van der Waals surface area (Å²) in [6.45, 7) is 3.75. The van der Waals surface area contributed by atoms with Crippen LogP contribution in [-0.4, -0.2) is 40.1 Å². The molecule has 0 aliphatic carbocycles. The first kappa shape index (κ1) is 26.5. The van der Waals surface area contributed by atoms with Gasteiger partial charge in [-0.05, 0) is 43.2 Å². The number of primary amides is 1. The highest BCUT2D eigenvalue weighted by molar-refractivity contribution is 6.01. The average Bonchev–Trinajstić information content (AvgIpc) is 3.25. The molecule has 3 amide bonds. The molecule has 38 heavy (non-hydrogen) atoms. The van der Waals surface area contributed by atoms with E-state index >= 15 is 0 Å². The number of carbonyl (C=O) groups is 3. The fourth-order valence-corrected chi connectivity index (χ4v) is 5.28. The Morgan fingerprint density at radius 2 is 1.71 bits per heavy atom. The summed E-state index contributed by atoms with van der Waals surface area (Å²) in [5.41, 5.74) is 7.54. The number of nitrogens with one attached hydrogen (secondary N) is 1. The molecule has 0 saturated carbocycles. The second-order valence-electron chi connectivity index (χ2n) is 9.22. The van der Waals surface area contributed by atoms with Crippen molar-refractivity contribution in [2.75, 3.05) is 6.54 Å². The first-order valence-electron chi connectivity index (χ1n) is 12.1. The van der Waals surface area contributed by atoms with Crippen molar-refractivity contribution < 1.29 is 23.7 Å². The first-order valence-corrected chi connectivity index (χ1v) is 12.1. The van der Waals surface area contributed by atoms with Gasteiger partial charge in [0.05, 0.1) is 16.9 Å². The number of likely N-dealkylation sites (tertiary alicyclic amines) is 1. The van der Waals surface area contributed by atoms with E-state index in [4.69, 9.17) is 5.73 Å². The van der Waals surface area contributed by atoms with Crippen LogP contribution in [0.5, 0.6) is 0 Å². The molecule has 0 spiro atoms. The zero-order chi connectivity index (χ0) is 27.6. The minimum absolute atomic E-state index is 0.222. The molecule has 1 aliphatic heterocycles. The van der Waals surface area contributed by atoms with E-state index < -0.39 is 46.6 Å². The van der Waals surface area contributed by atoms with E-state index in [-0.39, 0.29) is 18.0 Å². The zero-order valence-corrected chi connectivity index (χ0v) is 20.8. The van der Waals surface area contributed by atoms with Crippen LogP contribution in [0.2, 0.25) is 0 Å². The molecule has 4 unspecified atom stereocenters. The fourth-order valence-electron chi connectivity index (χ4n) is 5.28. The maximum absolute atomic E-state index is 14.2. The maximum atomic E-state index is 14.2. The predicted molar refractivity (Wildman–Crippen MR) is 138 cm³/mol. The van der Waals surface area contributed by atoms with Crippen molar-refractivity contribution >= 4 is 23.4 Å². The van der Waals surface area contributed by atoms with Gasteiger partial charge >= 0.3 is 6.03 Å². The predicted octanol–water partition coefficient (Wildman–Crippen LogP) is 4.27. The zero-order valence-electron chi connectivity index (χ0n) is 20.8. The molecule has 0 aromatic heterocycles. The molecule has 0 radical (unpaired) electrons. The minimum atomic E-state index is -1.30. The van der Waals surface area contributed by atoms with Crippen LogP contribution in [-0.2, 0) is 4.79 Å². The summed E-state index contributed by atoms with van der Waals surface area (Å²) < 4.78 is 13.9. The summed E-state index contributed by atoms with van der Waals surface area (Å²) in [5.74, 6) is -3.77. The number of nitrogens with two attached hydrogens (primary N) is 1. The van der Waals surface area contributed by atoms with Crippen LogP contribution < -0.4 is 11.1 Å². The number of nitro groups is 1. The van der Waals surface area contributed by atoms with Gasteiger partial charge in [-0.25, -0.2) is 9.18 Å². The molecule has 1 fully saturated rings. The molecule has 4 rings (SSSR count). The number of hydrogen-bond acceptors (Lipinski definition) is 5. The standard InChI is InChI=1S/C28H27FN4O5/c1-3-31-28(36)32-24(18-7-5-9-21(15-18)33(37)38)23(26(34)19-8-4-6-16(2)14-19)22(25(32)27(30)35)17-10-12-20(29)13-11-17/h4-15,22-25H,3H2,1-2H3,(H2,30,35)(H,31,36). The lowest BCUT2D eigenvalue weighted by molar-refractivity contribution is -0.385. The van der Waals surface area contributed by atoms with Gasteiger partial charge in [0.25, 0.3) is 5.69 Å². The third-order valence-electron chi connectivity index (χ3n) is 6.80. The smallest absolute Gasteiger partial charge is 0.318 e. The number of Topliss-reactive ketones (excluding diaryl/α,β-unsaturated/α-hetero) is 1. The molecule has 3 N–H and O–H groups in total. The Balaban J connectivity index is 2.02. The highest BCUT2D eigenvalue weighted by Gasteiger charge is 2.57. The number of halogens is 1. The van der Waals surface area contributed by atoms with E-state index in [1.54, 1.807) is 31.2 Å². The molecule has 9 nitrogen and oxygen atoms in total. The normalized spacial score (nSPS) is 20.7. The number of amides is 3. The molecule has 10 heteroatoms. The Kier molecular flexibility index (Phi) is 7.52. The van der Waals surface area contributed by atoms with Crippen LogP contribution in [0, 0.1) is 28.8 Å². The Bertz CT molecular complexity index is 1390. The van der Waals surface area contributed by atoms with E-state index in [9.17, 15) is 28.9 Å². The average molecular weight is 519 g/mol. The van der Waals surface area contributed by atoms with Gasteiger partial charge in [0.1, 0.15) is 11.9 Å². The van der Waals surface area contributed by atoms with Gasteiger partial charge in [-0.1, -0.05) is 48.0 Å². The van der Waals surface area contributed by atoms with Crippen molar-refractivity contribution in [3.63, 3.8) is 0 Å². The topological polar surface area (TPSA) is 136 Å². The molecule has 0 bridgehead atoms. The summed E-state index contributed by atoms with van der Waals surface area (Å²) >= 11 is 0. The molecule has 3 aromatic carbocycles. The van der Waals surface area contributed by atoms with Crippen molar-refractivity contribution in [1.82, 2.24) is 10.2 Å². The van der Waals surface area contributed by atoms with E-state index in [0.29, 0.717) is 16.7 Å². The SMILES string of the molecule is CCNC(=O)N1C(C(N)=O)C(c2ccc(F)cc2)C(C(=O)c2cccc(C)c2)C1c1cccc([N+](=O)[O-])c1. The number of aryl methyl sites for hydroxylation is 1.